The van der Waals surface area contributed by atoms with Gasteiger partial charge in [0, 0.05) is 17.6 Å². The second kappa shape index (κ2) is 4.88. The molecule has 1 aliphatic carbocycles. The first-order valence-electron chi connectivity index (χ1n) is 6.24. The molecule has 0 aliphatic heterocycles. The Labute approximate surface area is 97.7 Å². The average molecular weight is 219 g/mol. The van der Waals surface area contributed by atoms with Crippen molar-refractivity contribution in [2.45, 2.75) is 45.2 Å². The number of phenolic OH excluding ortho intramolecular Hbond substituents is 1. The molecule has 1 fully saturated rings. The Kier molecular flexibility index (Phi) is 3.49. The van der Waals surface area contributed by atoms with Crippen molar-refractivity contribution in [3.63, 3.8) is 0 Å². The van der Waals surface area contributed by atoms with Crippen molar-refractivity contribution in [2.24, 2.45) is 5.92 Å². The van der Waals surface area contributed by atoms with Gasteiger partial charge in [0.15, 0.2) is 0 Å². The van der Waals surface area contributed by atoms with E-state index in [0.29, 0.717) is 17.8 Å². The SMILES string of the molecule is CCC(NC1CC(C)C1)c1ccccc1O. The topological polar surface area (TPSA) is 32.3 Å². The molecule has 2 N–H and O–H groups in total. The van der Waals surface area contributed by atoms with Crippen LogP contribution >= 0.6 is 0 Å². The molecule has 1 saturated carbocycles. The molecule has 2 rings (SSSR count). The molecular formula is C14H21NO. The van der Waals surface area contributed by atoms with Crippen LogP contribution in [0.5, 0.6) is 5.75 Å². The van der Waals surface area contributed by atoms with E-state index in [1.54, 1.807) is 6.07 Å². The minimum atomic E-state index is 0.290. The maximum Gasteiger partial charge on any atom is 0.120 e. The normalized spacial score (nSPS) is 26.1. The van der Waals surface area contributed by atoms with Crippen molar-refractivity contribution >= 4 is 0 Å². The van der Waals surface area contributed by atoms with Crippen LogP contribution in [0.3, 0.4) is 0 Å². The second-order valence-electron chi connectivity index (χ2n) is 4.96. The van der Waals surface area contributed by atoms with Crippen LogP contribution in [0.4, 0.5) is 0 Å². The van der Waals surface area contributed by atoms with E-state index in [-0.39, 0.29) is 0 Å². The van der Waals surface area contributed by atoms with E-state index < -0.39 is 0 Å². The van der Waals surface area contributed by atoms with Crippen molar-refractivity contribution in [3.05, 3.63) is 29.8 Å². The second-order valence-corrected chi connectivity index (χ2v) is 4.96. The van der Waals surface area contributed by atoms with Gasteiger partial charge in [-0.2, -0.15) is 0 Å². The Bertz CT molecular complexity index is 344. The number of nitrogens with one attached hydrogen (secondary N) is 1. The molecule has 1 aromatic rings. The van der Waals surface area contributed by atoms with Gasteiger partial charge in [0.05, 0.1) is 0 Å². The summed E-state index contributed by atoms with van der Waals surface area (Å²) in [6, 6.07) is 8.57. The van der Waals surface area contributed by atoms with E-state index in [9.17, 15) is 5.11 Å². The Hall–Kier alpha value is -1.02. The van der Waals surface area contributed by atoms with Crippen molar-refractivity contribution in [1.82, 2.24) is 5.32 Å². The molecule has 0 heterocycles. The summed E-state index contributed by atoms with van der Waals surface area (Å²) in [5.41, 5.74) is 1.03. The third-order valence-electron chi connectivity index (χ3n) is 3.53. The standard InChI is InChI=1S/C14H21NO/c1-3-13(15-11-8-10(2)9-11)12-6-4-5-7-14(12)16/h4-7,10-11,13,15-16H,3,8-9H2,1-2H3. The third kappa shape index (κ3) is 2.38. The van der Waals surface area contributed by atoms with Gasteiger partial charge in [0.1, 0.15) is 5.75 Å². The smallest absolute Gasteiger partial charge is 0.120 e. The highest BCUT2D eigenvalue weighted by Crippen LogP contribution is 2.32. The lowest BCUT2D eigenvalue weighted by Gasteiger charge is -2.36. The van der Waals surface area contributed by atoms with Gasteiger partial charge in [-0.05, 0) is 31.2 Å². The highest BCUT2D eigenvalue weighted by atomic mass is 16.3. The summed E-state index contributed by atoms with van der Waals surface area (Å²) in [7, 11) is 0. The monoisotopic (exact) mass is 219 g/mol. The minimum Gasteiger partial charge on any atom is -0.508 e. The van der Waals surface area contributed by atoms with Crippen LogP contribution in [-0.2, 0) is 0 Å². The molecule has 0 aromatic heterocycles. The molecule has 2 nitrogen and oxygen atoms in total. The van der Waals surface area contributed by atoms with Gasteiger partial charge in [0.2, 0.25) is 0 Å². The summed E-state index contributed by atoms with van der Waals surface area (Å²) < 4.78 is 0. The van der Waals surface area contributed by atoms with Crippen LogP contribution in [0.25, 0.3) is 0 Å². The number of benzene rings is 1. The minimum absolute atomic E-state index is 0.290. The molecule has 0 radical (unpaired) electrons. The van der Waals surface area contributed by atoms with Gasteiger partial charge in [-0.15, -0.1) is 0 Å². The lowest BCUT2D eigenvalue weighted by atomic mass is 9.81. The Morgan fingerprint density at radius 1 is 1.38 bits per heavy atom. The van der Waals surface area contributed by atoms with Crippen LogP contribution in [0.2, 0.25) is 0 Å². The number of para-hydroxylation sites is 1. The maximum absolute atomic E-state index is 9.83. The molecule has 2 heteroatoms. The zero-order valence-electron chi connectivity index (χ0n) is 10.1. The molecule has 1 aliphatic rings. The third-order valence-corrected chi connectivity index (χ3v) is 3.53. The number of aromatic hydroxyl groups is 1. The number of hydrogen-bond acceptors (Lipinski definition) is 2. The first kappa shape index (κ1) is 11.5. The average Bonchev–Trinajstić information content (AvgIpc) is 2.24. The number of rotatable bonds is 4. The van der Waals surface area contributed by atoms with Crippen molar-refractivity contribution < 1.29 is 5.11 Å². The van der Waals surface area contributed by atoms with Gasteiger partial charge >= 0.3 is 0 Å². The first-order chi connectivity index (χ1) is 7.70. The quantitative estimate of drug-likeness (QED) is 0.815. The van der Waals surface area contributed by atoms with Crippen molar-refractivity contribution in [3.8, 4) is 5.75 Å². The van der Waals surface area contributed by atoms with Crippen LogP contribution in [0, 0.1) is 5.92 Å². The molecule has 1 unspecified atom stereocenters. The summed E-state index contributed by atoms with van der Waals surface area (Å²) >= 11 is 0. The van der Waals surface area contributed by atoms with Gasteiger partial charge < -0.3 is 10.4 Å². The largest absolute Gasteiger partial charge is 0.508 e. The van der Waals surface area contributed by atoms with E-state index >= 15 is 0 Å². The van der Waals surface area contributed by atoms with Crippen LogP contribution in [0.15, 0.2) is 24.3 Å². The molecular weight excluding hydrogens is 198 g/mol. The molecule has 0 spiro atoms. The molecule has 0 saturated heterocycles. The van der Waals surface area contributed by atoms with Crippen LogP contribution in [-0.4, -0.2) is 11.1 Å². The van der Waals surface area contributed by atoms with Crippen LogP contribution in [0.1, 0.15) is 44.7 Å². The maximum atomic E-state index is 9.83. The first-order valence-corrected chi connectivity index (χ1v) is 6.24. The van der Waals surface area contributed by atoms with E-state index in [2.05, 4.69) is 19.2 Å². The zero-order valence-corrected chi connectivity index (χ0v) is 10.1. The van der Waals surface area contributed by atoms with Gasteiger partial charge in [-0.25, -0.2) is 0 Å². The van der Waals surface area contributed by atoms with Gasteiger partial charge in [-0.1, -0.05) is 32.0 Å². The zero-order chi connectivity index (χ0) is 11.5. The van der Waals surface area contributed by atoms with Gasteiger partial charge in [-0.3, -0.25) is 0 Å². The summed E-state index contributed by atoms with van der Waals surface area (Å²) in [6.45, 7) is 4.45. The number of hydrogen-bond donors (Lipinski definition) is 2. The molecule has 1 atom stereocenters. The van der Waals surface area contributed by atoms with E-state index in [1.165, 1.54) is 12.8 Å². The Morgan fingerprint density at radius 2 is 2.06 bits per heavy atom. The van der Waals surface area contributed by atoms with E-state index in [1.807, 2.05) is 18.2 Å². The fraction of sp³-hybridized carbons (Fsp3) is 0.571. The van der Waals surface area contributed by atoms with E-state index in [0.717, 1.165) is 17.9 Å². The summed E-state index contributed by atoms with van der Waals surface area (Å²) in [6.07, 6.45) is 3.55. The lowest BCUT2D eigenvalue weighted by Crippen LogP contribution is -2.41. The predicted molar refractivity (Wildman–Crippen MR) is 66.5 cm³/mol. The lowest BCUT2D eigenvalue weighted by molar-refractivity contribution is 0.219. The fourth-order valence-corrected chi connectivity index (χ4v) is 2.53. The van der Waals surface area contributed by atoms with Crippen molar-refractivity contribution in [2.75, 3.05) is 0 Å². The van der Waals surface area contributed by atoms with Crippen molar-refractivity contribution in [1.29, 1.82) is 0 Å². The molecule has 1 aromatic carbocycles. The van der Waals surface area contributed by atoms with E-state index in [4.69, 9.17) is 0 Å². The summed E-state index contributed by atoms with van der Waals surface area (Å²) in [4.78, 5) is 0. The highest BCUT2D eigenvalue weighted by molar-refractivity contribution is 5.34. The Balaban J connectivity index is 2.02. The number of phenols is 1. The summed E-state index contributed by atoms with van der Waals surface area (Å²) in [5.74, 6) is 1.27. The van der Waals surface area contributed by atoms with Crippen LogP contribution < -0.4 is 5.32 Å². The highest BCUT2D eigenvalue weighted by Gasteiger charge is 2.27. The Morgan fingerprint density at radius 3 is 2.62 bits per heavy atom. The molecule has 0 amide bonds. The predicted octanol–water partition coefficient (Wildman–Crippen LogP) is 3.23. The summed E-state index contributed by atoms with van der Waals surface area (Å²) in [5, 5.41) is 13.5. The fourth-order valence-electron chi connectivity index (χ4n) is 2.53. The molecule has 88 valence electrons. The van der Waals surface area contributed by atoms with Gasteiger partial charge in [0.25, 0.3) is 0 Å². The molecule has 16 heavy (non-hydrogen) atoms. The molecule has 0 bridgehead atoms.